The quantitative estimate of drug-likeness (QED) is 0.210. The SMILES string of the molecule is Cc1ccc2c(c1)c(N=O)c(O)n2Cc1ccccc1F.O=Nc1c(O)n(Cc2ccccc2)c2ccccc12. The average Bonchev–Trinajstić information content (AvgIpc) is 3.39. The van der Waals surface area contributed by atoms with E-state index in [-0.39, 0.29) is 35.5 Å². The zero-order valence-corrected chi connectivity index (χ0v) is 21.5. The van der Waals surface area contributed by atoms with Crippen LogP contribution in [-0.2, 0) is 13.1 Å². The van der Waals surface area contributed by atoms with E-state index in [9.17, 15) is 24.4 Å². The van der Waals surface area contributed by atoms with Gasteiger partial charge in [-0.3, -0.25) is 0 Å². The van der Waals surface area contributed by atoms with Crippen molar-refractivity contribution >= 4 is 33.2 Å². The second kappa shape index (κ2) is 11.2. The van der Waals surface area contributed by atoms with E-state index in [4.69, 9.17) is 0 Å². The standard InChI is InChI=1S/C16H13FN2O2.C15H12N2O2/c1-10-6-7-14-12(8-10)15(18-21)16(20)19(14)9-11-4-2-3-5-13(11)17;18-15-14(16-19)12-8-4-5-9-13(12)17(15)10-11-6-2-1-3-7-11/h2-8,20H,9H2,1H3;1-9,18H,10H2. The molecule has 0 bridgehead atoms. The number of fused-ring (bicyclic) bond motifs is 2. The number of hydrogen-bond acceptors (Lipinski definition) is 6. The molecule has 2 N–H and O–H groups in total. The normalized spacial score (nSPS) is 10.8. The number of halogens is 1. The largest absolute Gasteiger partial charge is 0.493 e. The molecule has 6 aromatic rings. The molecule has 2 heterocycles. The van der Waals surface area contributed by atoms with Crippen LogP contribution in [0.4, 0.5) is 15.8 Å². The van der Waals surface area contributed by atoms with Gasteiger partial charge < -0.3 is 19.3 Å². The number of benzene rings is 4. The molecule has 0 atom stereocenters. The van der Waals surface area contributed by atoms with Crippen LogP contribution in [0.1, 0.15) is 16.7 Å². The van der Waals surface area contributed by atoms with Crippen LogP contribution in [0.25, 0.3) is 21.8 Å². The third kappa shape index (κ3) is 4.92. The first-order valence-electron chi connectivity index (χ1n) is 12.5. The predicted molar refractivity (Wildman–Crippen MR) is 154 cm³/mol. The summed E-state index contributed by atoms with van der Waals surface area (Å²) in [6.07, 6.45) is 0. The van der Waals surface area contributed by atoms with Crippen LogP contribution >= 0.6 is 0 Å². The lowest BCUT2D eigenvalue weighted by molar-refractivity contribution is 0.428. The fourth-order valence-corrected chi connectivity index (χ4v) is 4.77. The van der Waals surface area contributed by atoms with Gasteiger partial charge in [-0.25, -0.2) is 4.39 Å². The van der Waals surface area contributed by atoms with Gasteiger partial charge >= 0.3 is 0 Å². The molecule has 0 unspecified atom stereocenters. The Hall–Kier alpha value is -5.31. The Labute approximate surface area is 228 Å². The summed E-state index contributed by atoms with van der Waals surface area (Å²) in [6.45, 7) is 2.52. The third-order valence-electron chi connectivity index (χ3n) is 6.74. The van der Waals surface area contributed by atoms with Crippen LogP contribution in [0.15, 0.2) is 107 Å². The van der Waals surface area contributed by atoms with Crippen molar-refractivity contribution in [1.29, 1.82) is 0 Å². The molecule has 0 aliphatic carbocycles. The minimum absolute atomic E-state index is 0.00922. The van der Waals surface area contributed by atoms with Gasteiger partial charge in [-0.1, -0.05) is 78.4 Å². The van der Waals surface area contributed by atoms with Gasteiger partial charge in [0.15, 0.2) is 11.4 Å². The predicted octanol–water partition coefficient (Wildman–Crippen LogP) is 8.03. The number of aromatic hydroxyl groups is 2. The highest BCUT2D eigenvalue weighted by molar-refractivity contribution is 5.96. The van der Waals surface area contributed by atoms with Crippen LogP contribution in [0, 0.1) is 22.6 Å². The van der Waals surface area contributed by atoms with E-state index in [1.807, 2.05) is 61.5 Å². The van der Waals surface area contributed by atoms with Crippen molar-refractivity contribution in [3.63, 3.8) is 0 Å². The highest BCUT2D eigenvalue weighted by atomic mass is 19.1. The first-order valence-corrected chi connectivity index (χ1v) is 12.5. The molecule has 0 saturated carbocycles. The Morgan fingerprint density at radius 3 is 1.95 bits per heavy atom. The van der Waals surface area contributed by atoms with Gasteiger partial charge in [-0.05, 0) is 47.1 Å². The minimum Gasteiger partial charge on any atom is -0.493 e. The summed E-state index contributed by atoms with van der Waals surface area (Å²) in [5.41, 5.74) is 3.99. The maximum atomic E-state index is 13.8. The zero-order chi connectivity index (χ0) is 28.2. The van der Waals surface area contributed by atoms with Gasteiger partial charge in [-0.2, -0.15) is 0 Å². The van der Waals surface area contributed by atoms with Gasteiger partial charge in [0.05, 0.1) is 24.1 Å². The summed E-state index contributed by atoms with van der Waals surface area (Å²) in [6, 6.07) is 28.9. The van der Waals surface area contributed by atoms with Crippen LogP contribution in [0.3, 0.4) is 0 Å². The summed E-state index contributed by atoms with van der Waals surface area (Å²) in [7, 11) is 0. The molecule has 200 valence electrons. The smallest absolute Gasteiger partial charge is 0.222 e. The lowest BCUT2D eigenvalue weighted by Gasteiger charge is -2.08. The summed E-state index contributed by atoms with van der Waals surface area (Å²) in [5, 5.41) is 27.4. The molecule has 8 nitrogen and oxygen atoms in total. The first-order chi connectivity index (χ1) is 19.4. The number of aryl methyl sites for hydroxylation is 1. The van der Waals surface area contributed by atoms with E-state index >= 15 is 0 Å². The summed E-state index contributed by atoms with van der Waals surface area (Å²) >= 11 is 0. The van der Waals surface area contributed by atoms with Gasteiger partial charge in [0.1, 0.15) is 5.82 Å². The van der Waals surface area contributed by atoms with Crippen molar-refractivity contribution in [2.24, 2.45) is 10.4 Å². The Kier molecular flexibility index (Phi) is 7.37. The molecular weight excluding hydrogens is 511 g/mol. The van der Waals surface area contributed by atoms with Gasteiger partial charge in [0.25, 0.3) is 0 Å². The van der Waals surface area contributed by atoms with Crippen molar-refractivity contribution in [3.05, 3.63) is 129 Å². The number of aromatic nitrogens is 2. The van der Waals surface area contributed by atoms with Crippen molar-refractivity contribution < 1.29 is 14.6 Å². The number of rotatable bonds is 6. The molecule has 2 aromatic heterocycles. The fraction of sp³-hybridized carbons (Fsp3) is 0.0968. The maximum absolute atomic E-state index is 13.8. The first kappa shape index (κ1) is 26.3. The molecule has 0 spiro atoms. The van der Waals surface area contributed by atoms with E-state index in [0.717, 1.165) is 16.6 Å². The Morgan fingerprint density at radius 2 is 1.25 bits per heavy atom. The molecule has 0 saturated heterocycles. The molecule has 6 rings (SSSR count). The fourth-order valence-electron chi connectivity index (χ4n) is 4.77. The third-order valence-corrected chi connectivity index (χ3v) is 6.74. The highest BCUT2D eigenvalue weighted by Gasteiger charge is 2.19. The highest BCUT2D eigenvalue weighted by Crippen LogP contribution is 2.40. The zero-order valence-electron chi connectivity index (χ0n) is 21.5. The summed E-state index contributed by atoms with van der Waals surface area (Å²) in [4.78, 5) is 21.9. The average molecular weight is 537 g/mol. The second-order valence-electron chi connectivity index (χ2n) is 9.31. The number of para-hydroxylation sites is 1. The van der Waals surface area contributed by atoms with Crippen LogP contribution in [-0.4, -0.2) is 19.3 Å². The van der Waals surface area contributed by atoms with Gasteiger partial charge in [0.2, 0.25) is 11.8 Å². The van der Waals surface area contributed by atoms with Crippen LogP contribution < -0.4 is 0 Å². The van der Waals surface area contributed by atoms with Crippen molar-refractivity contribution in [2.75, 3.05) is 0 Å². The molecule has 9 heteroatoms. The number of nitroso groups, excluding NO2 is 2. The molecule has 40 heavy (non-hydrogen) atoms. The molecule has 0 fully saturated rings. The molecule has 0 amide bonds. The maximum Gasteiger partial charge on any atom is 0.222 e. The van der Waals surface area contributed by atoms with Crippen LogP contribution in [0.5, 0.6) is 11.8 Å². The summed E-state index contributed by atoms with van der Waals surface area (Å²) in [5.74, 6) is -0.680. The monoisotopic (exact) mass is 536 g/mol. The van der Waals surface area contributed by atoms with Gasteiger partial charge in [-0.15, -0.1) is 9.81 Å². The number of hydrogen-bond donors (Lipinski definition) is 2. The van der Waals surface area contributed by atoms with Crippen molar-refractivity contribution in [1.82, 2.24) is 9.13 Å². The minimum atomic E-state index is -0.355. The van der Waals surface area contributed by atoms with E-state index in [1.165, 1.54) is 10.6 Å². The molecular formula is C31H25FN4O4. The molecule has 4 aromatic carbocycles. The molecule has 0 aliphatic rings. The Bertz CT molecular complexity index is 1840. The number of nitrogens with zero attached hydrogens (tertiary/aromatic N) is 4. The topological polar surface area (TPSA) is 109 Å². The van der Waals surface area contributed by atoms with Crippen LogP contribution in [0.2, 0.25) is 0 Å². The van der Waals surface area contributed by atoms with E-state index < -0.39 is 0 Å². The van der Waals surface area contributed by atoms with Gasteiger partial charge in [0, 0.05) is 16.3 Å². The Balaban J connectivity index is 0.000000162. The molecule has 0 radical (unpaired) electrons. The Morgan fingerprint density at radius 1 is 0.675 bits per heavy atom. The lowest BCUT2D eigenvalue weighted by atomic mass is 10.1. The van der Waals surface area contributed by atoms with Crippen molar-refractivity contribution in [3.8, 4) is 11.8 Å². The van der Waals surface area contributed by atoms with Crippen molar-refractivity contribution in [2.45, 2.75) is 20.0 Å². The van der Waals surface area contributed by atoms with E-state index in [0.29, 0.717) is 28.4 Å². The summed E-state index contributed by atoms with van der Waals surface area (Å²) < 4.78 is 17.0. The van der Waals surface area contributed by atoms with E-state index in [1.54, 1.807) is 41.0 Å². The second-order valence-corrected chi connectivity index (χ2v) is 9.31. The van der Waals surface area contributed by atoms with E-state index in [2.05, 4.69) is 10.4 Å². The molecule has 0 aliphatic heterocycles. The lowest BCUT2D eigenvalue weighted by Crippen LogP contribution is -2.01.